The second-order valence-electron chi connectivity index (χ2n) is 13.8. The van der Waals surface area contributed by atoms with E-state index in [0.717, 1.165) is 65.4 Å². The third kappa shape index (κ3) is 8.55. The van der Waals surface area contributed by atoms with E-state index in [2.05, 4.69) is 68.1 Å². The molecule has 4 aliphatic heterocycles. The second-order valence-corrected chi connectivity index (χ2v) is 13.8. The average Bonchev–Trinajstić information content (AvgIpc) is 3.09. The summed E-state index contributed by atoms with van der Waals surface area (Å²) in [6, 6.07) is 20.4. The van der Waals surface area contributed by atoms with Gasteiger partial charge in [0.2, 0.25) is 23.6 Å². The van der Waals surface area contributed by atoms with Gasteiger partial charge in [0.05, 0.1) is 39.5 Å². The van der Waals surface area contributed by atoms with E-state index in [1.165, 1.54) is 20.9 Å². The van der Waals surface area contributed by atoms with E-state index in [1.54, 1.807) is 0 Å². The van der Waals surface area contributed by atoms with E-state index in [4.69, 9.17) is 0 Å². The fraction of sp³-hybridized carbons (Fsp3) is 0.556. The number of piperazine rings is 4. The first-order valence-corrected chi connectivity index (χ1v) is 17.4. The Labute approximate surface area is 284 Å². The average molecular weight is 659 g/mol. The molecular formula is C36H50N8O4. The minimum atomic E-state index is -0.196. The Balaban J connectivity index is 0.931. The SMILES string of the molecule is CC(C(C)N1CC(=O)N(CN2CCN(Cc3ccccc3)CC2)C(=O)C1)N1CC(=O)N(CN2CCN(Cc3ccccc3)CC2)C(=O)C1. The lowest BCUT2D eigenvalue weighted by molar-refractivity contribution is -0.160. The topological polar surface area (TPSA) is 94.2 Å². The molecule has 4 heterocycles. The van der Waals surface area contributed by atoms with Crippen LogP contribution in [0.3, 0.4) is 0 Å². The van der Waals surface area contributed by atoms with Crippen molar-refractivity contribution in [2.75, 3.05) is 91.9 Å². The molecule has 4 saturated heterocycles. The molecule has 2 aromatic carbocycles. The quantitative estimate of drug-likeness (QED) is 0.321. The van der Waals surface area contributed by atoms with Gasteiger partial charge in [0.1, 0.15) is 0 Å². The van der Waals surface area contributed by atoms with Crippen LogP contribution in [-0.2, 0) is 32.3 Å². The molecule has 0 radical (unpaired) electrons. The summed E-state index contributed by atoms with van der Waals surface area (Å²) < 4.78 is 0. The molecule has 48 heavy (non-hydrogen) atoms. The molecule has 2 atom stereocenters. The minimum absolute atomic E-state index is 0.142. The van der Waals surface area contributed by atoms with Crippen molar-refractivity contribution in [1.82, 2.24) is 39.2 Å². The number of hydrogen-bond donors (Lipinski definition) is 0. The molecule has 0 aliphatic carbocycles. The summed E-state index contributed by atoms with van der Waals surface area (Å²) in [6.07, 6.45) is 0. The van der Waals surface area contributed by atoms with Crippen molar-refractivity contribution in [3.05, 3.63) is 71.8 Å². The van der Waals surface area contributed by atoms with Crippen molar-refractivity contribution in [2.45, 2.75) is 39.0 Å². The van der Waals surface area contributed by atoms with Crippen LogP contribution in [0.25, 0.3) is 0 Å². The summed E-state index contributed by atoms with van der Waals surface area (Å²) >= 11 is 0. The van der Waals surface area contributed by atoms with Gasteiger partial charge in [-0.15, -0.1) is 0 Å². The van der Waals surface area contributed by atoms with Crippen LogP contribution >= 0.6 is 0 Å². The molecule has 0 spiro atoms. The molecule has 0 aromatic heterocycles. The number of nitrogens with zero attached hydrogens (tertiary/aromatic N) is 8. The number of benzene rings is 2. The minimum Gasteiger partial charge on any atom is -0.297 e. The molecule has 2 unspecified atom stereocenters. The molecule has 2 aromatic rings. The van der Waals surface area contributed by atoms with Crippen LogP contribution in [0.15, 0.2) is 60.7 Å². The number of hydrogen-bond acceptors (Lipinski definition) is 10. The van der Waals surface area contributed by atoms with Gasteiger partial charge < -0.3 is 0 Å². The lowest BCUT2D eigenvalue weighted by Gasteiger charge is -2.45. The number of imide groups is 2. The van der Waals surface area contributed by atoms with Crippen molar-refractivity contribution in [1.29, 1.82) is 0 Å². The van der Waals surface area contributed by atoms with E-state index >= 15 is 0 Å². The molecule has 4 fully saturated rings. The van der Waals surface area contributed by atoms with Crippen LogP contribution in [0.5, 0.6) is 0 Å². The van der Waals surface area contributed by atoms with Gasteiger partial charge in [0.15, 0.2) is 0 Å². The second kappa shape index (κ2) is 15.8. The van der Waals surface area contributed by atoms with Crippen LogP contribution in [0.1, 0.15) is 25.0 Å². The van der Waals surface area contributed by atoms with Gasteiger partial charge in [-0.05, 0) is 25.0 Å². The van der Waals surface area contributed by atoms with E-state index in [-0.39, 0.29) is 61.9 Å². The van der Waals surface area contributed by atoms with Crippen LogP contribution in [-0.4, -0.2) is 167 Å². The smallest absolute Gasteiger partial charge is 0.244 e. The normalized spacial score (nSPS) is 23.2. The van der Waals surface area contributed by atoms with Crippen LogP contribution < -0.4 is 0 Å². The predicted octanol–water partition coefficient (Wildman–Crippen LogP) is 0.656. The Morgan fingerprint density at radius 1 is 0.458 bits per heavy atom. The van der Waals surface area contributed by atoms with Crippen LogP contribution in [0, 0.1) is 0 Å². The first kappa shape index (κ1) is 34.3. The van der Waals surface area contributed by atoms with Gasteiger partial charge >= 0.3 is 0 Å². The molecule has 6 rings (SSSR count). The number of carbonyl (C=O) groups is 4. The molecular weight excluding hydrogens is 608 g/mol. The molecule has 0 N–H and O–H groups in total. The number of carbonyl (C=O) groups excluding carboxylic acids is 4. The monoisotopic (exact) mass is 658 g/mol. The Hall–Kier alpha value is -3.52. The lowest BCUT2D eigenvalue weighted by Crippen LogP contribution is -2.64. The maximum absolute atomic E-state index is 13.2. The standard InChI is InChI=1S/C36H50N8O4/c1-29(41-23-33(45)43(34(46)24-41)27-39-17-13-37(14-18-39)21-31-9-5-3-6-10-31)30(2)42-25-35(47)44(36(48)26-42)28-40-19-15-38(16-20-40)22-32-11-7-4-8-12-32/h3-12,29-30H,13-28H2,1-2H3. The lowest BCUT2D eigenvalue weighted by atomic mass is 10.1. The molecule has 258 valence electrons. The van der Waals surface area contributed by atoms with Gasteiger partial charge in [0.25, 0.3) is 0 Å². The fourth-order valence-corrected chi connectivity index (χ4v) is 7.19. The van der Waals surface area contributed by atoms with Gasteiger partial charge in [-0.2, -0.15) is 0 Å². The maximum Gasteiger partial charge on any atom is 0.244 e. The molecule has 12 heteroatoms. The summed E-state index contributed by atoms with van der Waals surface area (Å²) in [5.41, 5.74) is 2.57. The van der Waals surface area contributed by atoms with Gasteiger partial charge in [0, 0.05) is 77.5 Å². The van der Waals surface area contributed by atoms with Crippen molar-refractivity contribution in [3.63, 3.8) is 0 Å². The summed E-state index contributed by atoms with van der Waals surface area (Å²) in [4.78, 5) is 68.7. The Morgan fingerprint density at radius 2 is 0.750 bits per heavy atom. The highest BCUT2D eigenvalue weighted by Crippen LogP contribution is 2.19. The summed E-state index contributed by atoms with van der Waals surface area (Å²) in [5.74, 6) is -0.786. The zero-order chi connectivity index (χ0) is 33.6. The fourth-order valence-electron chi connectivity index (χ4n) is 7.19. The highest BCUT2D eigenvalue weighted by Gasteiger charge is 2.40. The Bertz CT molecular complexity index is 1270. The first-order chi connectivity index (χ1) is 23.2. The van der Waals surface area contributed by atoms with Gasteiger partial charge in [-0.3, -0.25) is 58.4 Å². The highest BCUT2D eigenvalue weighted by molar-refractivity contribution is 6.00. The number of amides is 4. The molecule has 0 bridgehead atoms. The number of rotatable bonds is 11. The van der Waals surface area contributed by atoms with E-state index in [0.29, 0.717) is 13.3 Å². The molecule has 4 amide bonds. The van der Waals surface area contributed by atoms with Crippen molar-refractivity contribution < 1.29 is 19.2 Å². The largest absolute Gasteiger partial charge is 0.297 e. The van der Waals surface area contributed by atoms with Crippen LogP contribution in [0.4, 0.5) is 0 Å². The molecule has 4 aliphatic rings. The maximum atomic E-state index is 13.2. The summed E-state index contributed by atoms with van der Waals surface area (Å²) in [6.45, 7) is 13.8. The Morgan fingerprint density at radius 3 is 1.06 bits per heavy atom. The van der Waals surface area contributed by atoms with Gasteiger partial charge in [-0.1, -0.05) is 60.7 Å². The zero-order valence-corrected chi connectivity index (χ0v) is 28.5. The van der Waals surface area contributed by atoms with E-state index < -0.39 is 0 Å². The van der Waals surface area contributed by atoms with Crippen LogP contribution in [0.2, 0.25) is 0 Å². The predicted molar refractivity (Wildman–Crippen MR) is 182 cm³/mol. The van der Waals surface area contributed by atoms with Gasteiger partial charge in [-0.25, -0.2) is 0 Å². The van der Waals surface area contributed by atoms with Crippen molar-refractivity contribution in [2.24, 2.45) is 0 Å². The zero-order valence-electron chi connectivity index (χ0n) is 28.5. The summed E-state index contributed by atoms with van der Waals surface area (Å²) in [7, 11) is 0. The third-order valence-electron chi connectivity index (χ3n) is 10.5. The third-order valence-corrected chi connectivity index (χ3v) is 10.5. The molecule has 12 nitrogen and oxygen atoms in total. The molecule has 0 saturated carbocycles. The summed E-state index contributed by atoms with van der Waals surface area (Å²) in [5, 5.41) is 0. The van der Waals surface area contributed by atoms with Crippen molar-refractivity contribution >= 4 is 23.6 Å². The van der Waals surface area contributed by atoms with E-state index in [1.807, 2.05) is 35.8 Å². The first-order valence-electron chi connectivity index (χ1n) is 17.4. The van der Waals surface area contributed by atoms with E-state index in [9.17, 15) is 19.2 Å². The van der Waals surface area contributed by atoms with Crippen molar-refractivity contribution in [3.8, 4) is 0 Å². The Kier molecular flexibility index (Phi) is 11.3. The highest BCUT2D eigenvalue weighted by atomic mass is 16.2.